The van der Waals surface area contributed by atoms with Crippen molar-refractivity contribution in [2.75, 3.05) is 12.3 Å². The summed E-state index contributed by atoms with van der Waals surface area (Å²) in [6, 6.07) is 3.50. The molecule has 0 aliphatic rings. The van der Waals surface area contributed by atoms with Crippen molar-refractivity contribution in [2.24, 2.45) is 5.92 Å². The van der Waals surface area contributed by atoms with Crippen LogP contribution in [0.4, 0.5) is 0 Å². The highest BCUT2D eigenvalue weighted by Crippen LogP contribution is 2.15. The van der Waals surface area contributed by atoms with Gasteiger partial charge < -0.3 is 10.4 Å². The quantitative estimate of drug-likeness (QED) is 0.754. The van der Waals surface area contributed by atoms with Gasteiger partial charge in [0.25, 0.3) is 5.91 Å². The number of carbonyl (C=O) groups excluding carboxylic acids is 1. The first-order valence-corrected chi connectivity index (χ1v) is 7.58. The maximum Gasteiger partial charge on any atom is 0.251 e. The van der Waals surface area contributed by atoms with Gasteiger partial charge in [-0.1, -0.05) is 20.8 Å². The Morgan fingerprint density at radius 2 is 2.26 bits per heavy atom. The average Bonchev–Trinajstić information content (AvgIpc) is 2.39. The molecule has 0 fully saturated rings. The molecule has 1 atom stereocenters. The van der Waals surface area contributed by atoms with E-state index in [4.69, 9.17) is 0 Å². The second-order valence-corrected chi connectivity index (χ2v) is 5.96. The van der Waals surface area contributed by atoms with Gasteiger partial charge in [-0.2, -0.15) is 0 Å². The van der Waals surface area contributed by atoms with Crippen LogP contribution in [0.5, 0.6) is 0 Å². The number of aliphatic hydroxyl groups excluding tert-OH is 1. The first kappa shape index (κ1) is 16.0. The van der Waals surface area contributed by atoms with E-state index in [1.807, 2.05) is 20.8 Å². The predicted octanol–water partition coefficient (Wildman–Crippen LogP) is 2.33. The van der Waals surface area contributed by atoms with E-state index in [1.54, 1.807) is 30.1 Å². The van der Waals surface area contributed by atoms with E-state index in [0.717, 1.165) is 10.8 Å². The fraction of sp³-hybridized carbons (Fsp3) is 0.571. The first-order valence-electron chi connectivity index (χ1n) is 6.59. The third kappa shape index (κ3) is 5.61. The first-order chi connectivity index (χ1) is 9.04. The molecule has 0 aromatic carbocycles. The lowest BCUT2D eigenvalue weighted by Crippen LogP contribution is -2.28. The molecule has 1 aromatic heterocycles. The third-order valence-corrected chi connectivity index (χ3v) is 3.59. The highest BCUT2D eigenvalue weighted by molar-refractivity contribution is 7.99. The van der Waals surface area contributed by atoms with Crippen molar-refractivity contribution in [3.8, 4) is 0 Å². The number of aromatic nitrogens is 1. The number of pyridine rings is 1. The van der Waals surface area contributed by atoms with E-state index in [-0.39, 0.29) is 17.9 Å². The third-order valence-electron chi connectivity index (χ3n) is 2.78. The molecule has 0 aliphatic carbocycles. The summed E-state index contributed by atoms with van der Waals surface area (Å²) in [6.45, 7) is 6.45. The van der Waals surface area contributed by atoms with Gasteiger partial charge in [0.05, 0.1) is 11.1 Å². The minimum Gasteiger partial charge on any atom is -0.393 e. The highest BCUT2D eigenvalue weighted by atomic mass is 32.2. The fourth-order valence-corrected chi connectivity index (χ4v) is 2.19. The summed E-state index contributed by atoms with van der Waals surface area (Å²) in [5.41, 5.74) is 0.616. The summed E-state index contributed by atoms with van der Waals surface area (Å²) in [5, 5.41) is 13.3. The van der Waals surface area contributed by atoms with Gasteiger partial charge in [-0.25, -0.2) is 4.98 Å². The summed E-state index contributed by atoms with van der Waals surface area (Å²) >= 11 is 1.61. The van der Waals surface area contributed by atoms with Crippen molar-refractivity contribution in [3.05, 3.63) is 23.9 Å². The Kier molecular flexibility index (Phi) is 6.87. The van der Waals surface area contributed by atoms with Crippen LogP contribution in [0.1, 0.15) is 37.6 Å². The molecule has 1 heterocycles. The van der Waals surface area contributed by atoms with Crippen LogP contribution in [0.15, 0.2) is 23.4 Å². The van der Waals surface area contributed by atoms with Crippen molar-refractivity contribution < 1.29 is 9.90 Å². The van der Waals surface area contributed by atoms with E-state index in [0.29, 0.717) is 18.5 Å². The Morgan fingerprint density at radius 3 is 2.89 bits per heavy atom. The van der Waals surface area contributed by atoms with Gasteiger partial charge >= 0.3 is 0 Å². The number of hydrogen-bond donors (Lipinski definition) is 2. The highest BCUT2D eigenvalue weighted by Gasteiger charge is 2.10. The van der Waals surface area contributed by atoms with Gasteiger partial charge in [-0.05, 0) is 30.2 Å². The number of nitrogens with zero attached hydrogens (tertiary/aromatic N) is 1. The molecule has 0 saturated carbocycles. The second kappa shape index (κ2) is 8.17. The minimum atomic E-state index is -0.371. The molecule has 0 radical (unpaired) electrons. The smallest absolute Gasteiger partial charge is 0.251 e. The molecule has 106 valence electrons. The van der Waals surface area contributed by atoms with E-state index in [1.165, 1.54) is 0 Å². The molecule has 0 spiro atoms. The standard InChI is InChI=1S/C14H22N2O2S/c1-4-19-13-9-11(5-7-15-13)14(18)16-8-6-12(17)10(2)3/h5,7,9-10,12,17H,4,6,8H2,1-3H3,(H,16,18). The van der Waals surface area contributed by atoms with Crippen LogP contribution in [0.2, 0.25) is 0 Å². The van der Waals surface area contributed by atoms with E-state index < -0.39 is 0 Å². The molecule has 0 bridgehead atoms. The van der Waals surface area contributed by atoms with Gasteiger partial charge in [0.1, 0.15) is 0 Å². The number of carbonyl (C=O) groups is 1. The number of nitrogens with one attached hydrogen (secondary N) is 1. The van der Waals surface area contributed by atoms with Gasteiger partial charge in [-0.15, -0.1) is 11.8 Å². The summed E-state index contributed by atoms with van der Waals surface area (Å²) in [6.07, 6.45) is 1.85. The molecular formula is C14H22N2O2S. The molecule has 1 rings (SSSR count). The molecule has 2 N–H and O–H groups in total. The Bertz CT molecular complexity index is 410. The Morgan fingerprint density at radius 1 is 1.53 bits per heavy atom. The normalized spacial score (nSPS) is 12.5. The summed E-state index contributed by atoms with van der Waals surface area (Å²) in [4.78, 5) is 16.1. The molecule has 4 nitrogen and oxygen atoms in total. The van der Waals surface area contributed by atoms with Crippen molar-refractivity contribution in [1.29, 1.82) is 0 Å². The Balaban J connectivity index is 2.47. The zero-order chi connectivity index (χ0) is 14.3. The molecule has 1 aromatic rings. The van der Waals surface area contributed by atoms with Crippen LogP contribution in [-0.4, -0.2) is 34.4 Å². The van der Waals surface area contributed by atoms with E-state index >= 15 is 0 Å². The lowest BCUT2D eigenvalue weighted by Gasteiger charge is -2.14. The maximum absolute atomic E-state index is 11.9. The van der Waals surface area contributed by atoms with Crippen molar-refractivity contribution >= 4 is 17.7 Å². The Labute approximate surface area is 119 Å². The summed E-state index contributed by atoms with van der Waals surface area (Å²) in [5.74, 6) is 1.03. The van der Waals surface area contributed by atoms with Gasteiger partial charge in [-0.3, -0.25) is 4.79 Å². The van der Waals surface area contributed by atoms with Crippen LogP contribution < -0.4 is 5.32 Å². The lowest BCUT2D eigenvalue weighted by atomic mass is 10.0. The molecule has 1 unspecified atom stereocenters. The van der Waals surface area contributed by atoms with Crippen molar-refractivity contribution in [2.45, 2.75) is 38.3 Å². The molecule has 5 heteroatoms. The molecule has 0 aliphatic heterocycles. The number of amides is 1. The largest absolute Gasteiger partial charge is 0.393 e. The fourth-order valence-electron chi connectivity index (χ4n) is 1.55. The van der Waals surface area contributed by atoms with Crippen molar-refractivity contribution in [1.82, 2.24) is 10.3 Å². The van der Waals surface area contributed by atoms with Crippen molar-refractivity contribution in [3.63, 3.8) is 0 Å². The molecule has 1 amide bonds. The van der Waals surface area contributed by atoms with Crippen LogP contribution >= 0.6 is 11.8 Å². The maximum atomic E-state index is 11.9. The molecule has 0 saturated heterocycles. The second-order valence-electron chi connectivity index (χ2n) is 4.67. The predicted molar refractivity (Wildman–Crippen MR) is 78.4 cm³/mol. The van der Waals surface area contributed by atoms with Crippen LogP contribution in [0.3, 0.4) is 0 Å². The Hall–Kier alpha value is -1.07. The van der Waals surface area contributed by atoms with Gasteiger partial charge in [0, 0.05) is 18.3 Å². The average molecular weight is 282 g/mol. The molecule has 19 heavy (non-hydrogen) atoms. The zero-order valence-electron chi connectivity index (χ0n) is 11.7. The monoisotopic (exact) mass is 282 g/mol. The van der Waals surface area contributed by atoms with Gasteiger partial charge in [0.15, 0.2) is 0 Å². The number of aliphatic hydroxyl groups is 1. The number of rotatable bonds is 7. The number of hydrogen-bond acceptors (Lipinski definition) is 4. The SMILES string of the molecule is CCSc1cc(C(=O)NCCC(O)C(C)C)ccn1. The van der Waals surface area contributed by atoms with Gasteiger partial charge in [0.2, 0.25) is 0 Å². The topological polar surface area (TPSA) is 62.2 Å². The molecular weight excluding hydrogens is 260 g/mol. The lowest BCUT2D eigenvalue weighted by molar-refractivity contribution is 0.0920. The van der Waals surface area contributed by atoms with Crippen LogP contribution in [0.25, 0.3) is 0 Å². The van der Waals surface area contributed by atoms with E-state index in [2.05, 4.69) is 10.3 Å². The minimum absolute atomic E-state index is 0.115. The van der Waals surface area contributed by atoms with E-state index in [9.17, 15) is 9.90 Å². The zero-order valence-corrected chi connectivity index (χ0v) is 12.5. The summed E-state index contributed by atoms with van der Waals surface area (Å²) < 4.78 is 0. The summed E-state index contributed by atoms with van der Waals surface area (Å²) in [7, 11) is 0. The van der Waals surface area contributed by atoms with Crippen LogP contribution in [0, 0.1) is 5.92 Å². The van der Waals surface area contributed by atoms with Crippen LogP contribution in [-0.2, 0) is 0 Å². The number of thioether (sulfide) groups is 1.